The number of aromatic carboxylic acids is 1. The zero-order valence-corrected chi connectivity index (χ0v) is 39.8. The first kappa shape index (κ1) is 50.9. The molecule has 6 atom stereocenters. The predicted molar refractivity (Wildman–Crippen MR) is 246 cm³/mol. The first-order chi connectivity index (χ1) is 32.3. The Kier molecular flexibility index (Phi) is 14.6. The molecule has 0 spiro atoms. The molecule has 2 amide bonds. The topological polar surface area (TPSA) is 386 Å². The lowest BCUT2D eigenvalue weighted by Crippen LogP contribution is -2.41. The largest absolute Gasteiger partial charge is 0.488 e. The Morgan fingerprint density at radius 3 is 2.39 bits per heavy atom. The summed E-state index contributed by atoms with van der Waals surface area (Å²) in [6, 6.07) is 15.1. The van der Waals surface area contributed by atoms with Crippen molar-refractivity contribution in [2.24, 2.45) is 0 Å². The van der Waals surface area contributed by atoms with Crippen LogP contribution in [0.4, 0.5) is 16.4 Å². The third kappa shape index (κ3) is 11.6. The average molecular weight is 1040 g/mol. The van der Waals surface area contributed by atoms with Crippen LogP contribution >= 0.6 is 22.4 Å². The number of carbonyl (C=O) groups excluding carboxylic acids is 2. The van der Waals surface area contributed by atoms with Crippen molar-refractivity contribution in [1.82, 2.24) is 34.7 Å². The third-order valence-electron chi connectivity index (χ3n) is 10.3. The molecule has 4 aromatic rings. The van der Waals surface area contributed by atoms with Crippen LogP contribution in [0.15, 0.2) is 70.1 Å². The number of carboxylic acid groups (broad SMARTS) is 1. The van der Waals surface area contributed by atoms with Gasteiger partial charge in [0.05, 0.1) is 24.6 Å². The molecule has 69 heavy (non-hydrogen) atoms. The lowest BCUT2D eigenvalue weighted by Gasteiger charge is -2.22. The number of aliphatic hydroxyl groups is 1. The molecule has 1 saturated heterocycles. The summed E-state index contributed by atoms with van der Waals surface area (Å²) in [5, 5.41) is 28.1. The van der Waals surface area contributed by atoms with Gasteiger partial charge in [-0.1, -0.05) is 0 Å². The Balaban J connectivity index is 1.08. The number of aliphatic hydroxyl groups excluding tert-OH is 1. The van der Waals surface area contributed by atoms with E-state index in [1.54, 1.807) is 0 Å². The van der Waals surface area contributed by atoms with Crippen molar-refractivity contribution in [1.29, 1.82) is 0 Å². The molecular formula is C38H43N9O18P3S+. The fraction of sp³-hybridized carbons (Fsp3) is 0.289. The van der Waals surface area contributed by atoms with Gasteiger partial charge in [-0.05, 0) is 53.8 Å². The molecule has 0 bridgehead atoms. The third-order valence-corrected chi connectivity index (χ3v) is 14.7. The van der Waals surface area contributed by atoms with Crippen molar-refractivity contribution >= 4 is 85.9 Å². The Bertz CT molecular complexity index is 3260. The smallest absolute Gasteiger partial charge is 0.478 e. The second-order valence-electron chi connectivity index (χ2n) is 15.5. The van der Waals surface area contributed by atoms with Gasteiger partial charge in [0, 0.05) is 67.1 Å². The molecule has 27 nitrogen and oxygen atoms in total. The van der Waals surface area contributed by atoms with E-state index in [-0.39, 0.29) is 46.9 Å². The van der Waals surface area contributed by atoms with Crippen molar-refractivity contribution in [3.63, 3.8) is 0 Å². The minimum absolute atomic E-state index is 0.0707. The molecule has 11 N–H and O–H groups in total. The number of aromatic amines is 1. The van der Waals surface area contributed by atoms with Gasteiger partial charge in [-0.15, -0.1) is 0 Å². The molecule has 2 aliphatic heterocycles. The highest BCUT2D eigenvalue weighted by Gasteiger charge is 2.49. The van der Waals surface area contributed by atoms with E-state index < -0.39 is 77.0 Å². The zero-order valence-electron chi connectivity index (χ0n) is 36.3. The van der Waals surface area contributed by atoms with E-state index >= 15 is 0 Å². The van der Waals surface area contributed by atoms with Crippen LogP contribution in [0.1, 0.15) is 26.9 Å². The van der Waals surface area contributed by atoms with Crippen LogP contribution in [0.25, 0.3) is 44.6 Å². The summed E-state index contributed by atoms with van der Waals surface area (Å²) in [7, 11) is -3.87. The number of benzene rings is 3. The molecule has 2 aromatic carbocycles. The number of rotatable bonds is 16. The van der Waals surface area contributed by atoms with Crippen molar-refractivity contribution in [2.75, 3.05) is 58.5 Å². The monoisotopic (exact) mass is 1040 g/mol. The van der Waals surface area contributed by atoms with Crippen molar-refractivity contribution < 1.29 is 80.3 Å². The number of imidazole rings is 1. The van der Waals surface area contributed by atoms with Crippen molar-refractivity contribution in [2.45, 2.75) is 24.5 Å². The highest BCUT2D eigenvalue weighted by atomic mass is 32.5. The maximum atomic E-state index is 13.6. The molecule has 2 unspecified atom stereocenters. The summed E-state index contributed by atoms with van der Waals surface area (Å²) in [6.45, 7) is -6.50. The first-order valence-electron chi connectivity index (χ1n) is 19.9. The fourth-order valence-corrected chi connectivity index (χ4v) is 11.0. The number of ether oxygens (including phenoxy) is 2. The number of hydrogen-bond donors (Lipinski definition) is 10. The number of phosphoric ester groups is 1. The Morgan fingerprint density at radius 1 is 0.986 bits per heavy atom. The number of nitrogen functional groups attached to an aromatic ring is 1. The molecule has 3 aliphatic rings. The average Bonchev–Trinajstić information content (AvgIpc) is 3.81. The van der Waals surface area contributed by atoms with E-state index in [1.165, 1.54) is 18.2 Å². The number of aromatic nitrogens is 4. The zero-order chi connectivity index (χ0) is 50.3. The van der Waals surface area contributed by atoms with Crippen LogP contribution in [0, 0.1) is 0 Å². The van der Waals surface area contributed by atoms with Gasteiger partial charge < -0.3 is 64.9 Å². The number of amides is 2. The Hall–Kier alpha value is -5.96. The maximum Gasteiger partial charge on any atom is 0.488 e. The molecule has 0 radical (unpaired) electrons. The standard InChI is InChI=1S/C38H42N9O18P3S/c1-45(2)19-6-9-22-25(14-19)61-26-15-20(46(3)4)7-10-23(26)28(22)24-13-18(5-8-21(24)36(51)52)33(49)40-11-12-41-38(53)63-31-30(48)27(16-60-66(54,55)64-67(56,57)65-68(58,59)69)62-35(31)47-17-42-29-32(47)43-37(39)44-34(29)50/h5-10,13-15,17,27,30-31,35,48H,11-12,16H2,1-4H3,(H9-,39,40,41,43,44,49,50,51,52,53,54,55,56,57,58,59,69)/p+1/t27-,30-,31-,35-/m1/s1. The molecule has 1 aliphatic carbocycles. The van der Waals surface area contributed by atoms with E-state index in [0.29, 0.717) is 27.9 Å². The van der Waals surface area contributed by atoms with E-state index in [9.17, 15) is 48.3 Å². The summed E-state index contributed by atoms with van der Waals surface area (Å²) < 4.78 is 57.6. The number of nitrogens with one attached hydrogen (secondary N) is 3. The van der Waals surface area contributed by atoms with E-state index in [1.807, 2.05) is 74.1 Å². The number of anilines is 2. The van der Waals surface area contributed by atoms with Gasteiger partial charge in [-0.25, -0.2) is 32.6 Å². The molecule has 4 heterocycles. The van der Waals surface area contributed by atoms with Gasteiger partial charge in [0.1, 0.15) is 37.6 Å². The summed E-state index contributed by atoms with van der Waals surface area (Å²) in [4.78, 5) is 102. The SMILES string of the molecule is CN(C)c1ccc2c(-c3cc(C(=O)NCCNC(=O)O[C@@H]4[C@H](O)[C@@H](COP(=O)(O)OP(=O)(O)OP(O)(O)=S)O[C@H]4n4cnc5c(=O)[nH]c(N)nc54)ccc3C(=O)O)c3ccc(=[N+](C)C)cc-3oc2c1. The predicted octanol–water partition coefficient (Wildman–Crippen LogP) is 1.26. The maximum absolute atomic E-state index is 13.6. The van der Waals surface area contributed by atoms with Gasteiger partial charge in [-0.2, -0.15) is 9.29 Å². The van der Waals surface area contributed by atoms with Crippen LogP contribution in [-0.2, 0) is 43.6 Å². The van der Waals surface area contributed by atoms with E-state index in [2.05, 4.69) is 50.5 Å². The summed E-state index contributed by atoms with van der Waals surface area (Å²) in [6.07, 6.45) is -7.18. The van der Waals surface area contributed by atoms with Crippen LogP contribution in [0.3, 0.4) is 0 Å². The minimum Gasteiger partial charge on any atom is -0.478 e. The number of nitrogens with zero attached hydrogens (tertiary/aromatic N) is 5. The van der Waals surface area contributed by atoms with Crippen LogP contribution in [0.2, 0.25) is 0 Å². The number of phosphoric acid groups is 2. The van der Waals surface area contributed by atoms with E-state index in [0.717, 1.165) is 21.9 Å². The molecule has 0 saturated carbocycles. The molecule has 7 rings (SSSR count). The molecule has 2 aromatic heterocycles. The summed E-state index contributed by atoms with van der Waals surface area (Å²) in [5.74, 6) is -1.79. The molecular weight excluding hydrogens is 995 g/mol. The minimum atomic E-state index is -5.71. The highest BCUT2D eigenvalue weighted by molar-refractivity contribution is 8.08. The Labute approximate surface area is 393 Å². The quantitative estimate of drug-likeness (QED) is 0.0282. The van der Waals surface area contributed by atoms with Crippen molar-refractivity contribution in [3.8, 4) is 22.5 Å². The number of alkyl carbamates (subject to hydrolysis) is 1. The fourth-order valence-electron chi connectivity index (χ4n) is 7.21. The number of carbonyl (C=O) groups is 3. The summed E-state index contributed by atoms with van der Waals surface area (Å²) >= 11 is 4.07. The number of fused-ring (bicyclic) bond motifs is 3. The number of nitrogens with two attached hydrogens (primary N) is 1. The van der Waals surface area contributed by atoms with Crippen LogP contribution in [-0.4, -0.2) is 133 Å². The number of carboxylic acids is 1. The van der Waals surface area contributed by atoms with Gasteiger partial charge in [-0.3, -0.25) is 23.7 Å². The lowest BCUT2D eigenvalue weighted by atomic mass is 9.89. The number of H-pyrrole nitrogens is 1. The second-order valence-corrected chi connectivity index (χ2v) is 21.3. The first-order valence-corrected chi connectivity index (χ1v) is 25.6. The second kappa shape index (κ2) is 19.8. The lowest BCUT2D eigenvalue weighted by molar-refractivity contribution is -0.0522. The highest BCUT2D eigenvalue weighted by Crippen LogP contribution is 2.66. The van der Waals surface area contributed by atoms with Crippen LogP contribution in [0.5, 0.6) is 0 Å². The molecule has 368 valence electrons. The van der Waals surface area contributed by atoms with Gasteiger partial charge in [0.2, 0.25) is 11.3 Å². The van der Waals surface area contributed by atoms with Gasteiger partial charge in [0.25, 0.3) is 11.5 Å². The summed E-state index contributed by atoms with van der Waals surface area (Å²) in [5.41, 5.74) is 7.05. The molecule has 31 heteroatoms. The number of hydrogen-bond acceptors (Lipinski definition) is 18. The van der Waals surface area contributed by atoms with E-state index in [4.69, 9.17) is 29.4 Å². The Morgan fingerprint density at radius 2 is 1.71 bits per heavy atom. The van der Waals surface area contributed by atoms with Gasteiger partial charge in [0.15, 0.2) is 23.5 Å². The molecule has 1 fully saturated rings. The van der Waals surface area contributed by atoms with Crippen molar-refractivity contribution in [3.05, 3.63) is 87.8 Å². The van der Waals surface area contributed by atoms with Gasteiger partial charge >= 0.3 is 34.4 Å². The normalized spacial score (nSPS) is 19.0. The van der Waals surface area contributed by atoms with Crippen LogP contribution < -0.4 is 36.8 Å².